The molecule has 0 aliphatic carbocycles. The summed E-state index contributed by atoms with van der Waals surface area (Å²) in [6, 6.07) is 10.5. The molecule has 1 aliphatic heterocycles. The van der Waals surface area contributed by atoms with Crippen LogP contribution >= 0.6 is 0 Å². The number of ether oxygens (including phenoxy) is 1. The van der Waals surface area contributed by atoms with Crippen LogP contribution in [0.4, 0.5) is 10.2 Å². The van der Waals surface area contributed by atoms with Crippen molar-refractivity contribution in [2.45, 2.75) is 18.9 Å². The van der Waals surface area contributed by atoms with Crippen molar-refractivity contribution in [2.75, 3.05) is 31.7 Å². The first kappa shape index (κ1) is 17.4. The number of amides is 1. The highest BCUT2D eigenvalue weighted by molar-refractivity contribution is 5.94. The van der Waals surface area contributed by atoms with Gasteiger partial charge in [-0.1, -0.05) is 12.1 Å². The lowest BCUT2D eigenvalue weighted by Crippen LogP contribution is -2.27. The summed E-state index contributed by atoms with van der Waals surface area (Å²) in [4.78, 5) is 18.7. The molecule has 1 atom stereocenters. The third-order valence-corrected chi connectivity index (χ3v) is 4.40. The minimum Gasteiger partial charge on any atom is -0.383 e. The van der Waals surface area contributed by atoms with Gasteiger partial charge in [0.2, 0.25) is 0 Å². The van der Waals surface area contributed by atoms with Crippen LogP contribution in [0.2, 0.25) is 0 Å². The molecule has 1 N–H and O–H groups in total. The molecule has 0 spiro atoms. The molecule has 1 aliphatic rings. The fourth-order valence-corrected chi connectivity index (χ4v) is 3.13. The molecule has 1 aromatic carbocycles. The highest BCUT2D eigenvalue weighted by Crippen LogP contribution is 2.35. The maximum Gasteiger partial charge on any atom is 0.252 e. The lowest BCUT2D eigenvalue weighted by Gasteiger charge is -2.26. The van der Waals surface area contributed by atoms with Crippen molar-refractivity contribution in [3.05, 3.63) is 59.5 Å². The number of carbonyl (C=O) groups is 1. The number of rotatable bonds is 6. The number of carbonyl (C=O) groups excluding carboxylic acids is 1. The average molecular weight is 343 g/mol. The molecule has 0 radical (unpaired) electrons. The zero-order valence-corrected chi connectivity index (χ0v) is 14.2. The lowest BCUT2D eigenvalue weighted by molar-refractivity contribution is 0.0937. The molecule has 25 heavy (non-hydrogen) atoms. The predicted molar refractivity (Wildman–Crippen MR) is 94.2 cm³/mol. The van der Waals surface area contributed by atoms with Crippen LogP contribution in [0.5, 0.6) is 0 Å². The van der Waals surface area contributed by atoms with Crippen LogP contribution in [-0.2, 0) is 4.74 Å². The Morgan fingerprint density at radius 3 is 2.80 bits per heavy atom. The van der Waals surface area contributed by atoms with Gasteiger partial charge in [-0.05, 0) is 42.7 Å². The fourth-order valence-electron chi connectivity index (χ4n) is 3.13. The number of hydrogen-bond acceptors (Lipinski definition) is 4. The number of anilines is 1. The van der Waals surface area contributed by atoms with Crippen molar-refractivity contribution in [3.8, 4) is 0 Å². The van der Waals surface area contributed by atoms with Gasteiger partial charge in [0.1, 0.15) is 11.6 Å². The van der Waals surface area contributed by atoms with Gasteiger partial charge < -0.3 is 15.0 Å². The molecule has 0 unspecified atom stereocenters. The molecule has 2 aromatic rings. The van der Waals surface area contributed by atoms with E-state index in [-0.39, 0.29) is 17.8 Å². The highest BCUT2D eigenvalue weighted by Gasteiger charge is 2.27. The molecular formula is C19H22FN3O2. The molecule has 0 saturated carbocycles. The minimum atomic E-state index is -0.227. The number of pyridine rings is 1. The van der Waals surface area contributed by atoms with Gasteiger partial charge in [0.15, 0.2) is 0 Å². The normalized spacial score (nSPS) is 16.9. The Kier molecular flexibility index (Phi) is 5.60. The average Bonchev–Trinajstić information content (AvgIpc) is 3.12. The van der Waals surface area contributed by atoms with Gasteiger partial charge in [-0.15, -0.1) is 0 Å². The second-order valence-corrected chi connectivity index (χ2v) is 6.06. The number of halogens is 1. The van der Waals surface area contributed by atoms with E-state index in [1.165, 1.54) is 12.1 Å². The number of methoxy groups -OCH3 is 1. The largest absolute Gasteiger partial charge is 0.383 e. The SMILES string of the molecule is COCCNC(=O)c1ccc(N2CCC[C@@H]2c2ccc(F)cc2)nc1. The van der Waals surface area contributed by atoms with E-state index in [0.717, 1.165) is 30.8 Å². The fraction of sp³-hybridized carbons (Fsp3) is 0.368. The summed E-state index contributed by atoms with van der Waals surface area (Å²) in [6.07, 6.45) is 3.66. The monoisotopic (exact) mass is 343 g/mol. The summed E-state index contributed by atoms with van der Waals surface area (Å²) in [5, 5.41) is 2.78. The zero-order valence-electron chi connectivity index (χ0n) is 14.2. The quantitative estimate of drug-likeness (QED) is 0.820. The van der Waals surface area contributed by atoms with E-state index in [4.69, 9.17) is 4.74 Å². The van der Waals surface area contributed by atoms with Crippen molar-refractivity contribution in [1.82, 2.24) is 10.3 Å². The van der Waals surface area contributed by atoms with Gasteiger partial charge in [0.05, 0.1) is 18.2 Å². The standard InChI is InChI=1S/C19H22FN3O2/c1-25-12-10-21-19(24)15-6-9-18(22-13-15)23-11-2-3-17(23)14-4-7-16(20)8-5-14/h4-9,13,17H,2-3,10-12H2,1H3,(H,21,24)/t17-/m1/s1. The zero-order chi connectivity index (χ0) is 17.6. The van der Waals surface area contributed by atoms with Crippen LogP contribution in [0.15, 0.2) is 42.6 Å². The smallest absolute Gasteiger partial charge is 0.252 e. The first-order valence-corrected chi connectivity index (χ1v) is 8.44. The molecule has 2 heterocycles. The second kappa shape index (κ2) is 8.07. The van der Waals surface area contributed by atoms with Crippen molar-refractivity contribution in [2.24, 2.45) is 0 Å². The molecule has 1 amide bonds. The molecule has 6 heteroatoms. The van der Waals surface area contributed by atoms with Gasteiger partial charge in [-0.2, -0.15) is 0 Å². The number of benzene rings is 1. The Morgan fingerprint density at radius 1 is 1.32 bits per heavy atom. The van der Waals surface area contributed by atoms with E-state index in [0.29, 0.717) is 18.7 Å². The van der Waals surface area contributed by atoms with Gasteiger partial charge in [-0.25, -0.2) is 9.37 Å². The summed E-state index contributed by atoms with van der Waals surface area (Å²) < 4.78 is 18.1. The Labute approximate surface area is 146 Å². The molecule has 5 nitrogen and oxygen atoms in total. The molecule has 1 fully saturated rings. The molecule has 0 bridgehead atoms. The summed E-state index contributed by atoms with van der Waals surface area (Å²) in [7, 11) is 1.59. The summed E-state index contributed by atoms with van der Waals surface area (Å²) in [5.41, 5.74) is 1.61. The van der Waals surface area contributed by atoms with Gasteiger partial charge in [0.25, 0.3) is 5.91 Å². The minimum absolute atomic E-state index is 0.160. The van der Waals surface area contributed by atoms with E-state index >= 15 is 0 Å². The first-order chi connectivity index (χ1) is 12.2. The van der Waals surface area contributed by atoms with Gasteiger partial charge in [0, 0.05) is 26.4 Å². The highest BCUT2D eigenvalue weighted by atomic mass is 19.1. The van der Waals surface area contributed by atoms with Crippen molar-refractivity contribution < 1.29 is 13.9 Å². The third-order valence-electron chi connectivity index (χ3n) is 4.40. The topological polar surface area (TPSA) is 54.5 Å². The number of nitrogens with one attached hydrogen (secondary N) is 1. The maximum atomic E-state index is 13.2. The van der Waals surface area contributed by atoms with Crippen LogP contribution < -0.4 is 10.2 Å². The van der Waals surface area contributed by atoms with Crippen LogP contribution in [0.25, 0.3) is 0 Å². The van der Waals surface area contributed by atoms with Gasteiger partial charge >= 0.3 is 0 Å². The van der Waals surface area contributed by atoms with E-state index < -0.39 is 0 Å². The van der Waals surface area contributed by atoms with E-state index in [1.54, 1.807) is 19.4 Å². The summed E-state index contributed by atoms with van der Waals surface area (Å²) in [6.45, 7) is 1.84. The second-order valence-electron chi connectivity index (χ2n) is 6.06. The first-order valence-electron chi connectivity index (χ1n) is 8.44. The van der Waals surface area contributed by atoms with E-state index in [2.05, 4.69) is 15.2 Å². The Balaban J connectivity index is 1.70. The molecular weight excluding hydrogens is 321 g/mol. The Bertz CT molecular complexity index is 704. The van der Waals surface area contributed by atoms with Crippen molar-refractivity contribution >= 4 is 11.7 Å². The summed E-state index contributed by atoms with van der Waals surface area (Å²) >= 11 is 0. The number of nitrogens with zero attached hydrogens (tertiary/aromatic N) is 2. The molecule has 3 rings (SSSR count). The molecule has 132 valence electrons. The van der Waals surface area contributed by atoms with Gasteiger partial charge in [-0.3, -0.25) is 4.79 Å². The third kappa shape index (κ3) is 4.14. The Hall–Kier alpha value is -2.47. The molecule has 1 aromatic heterocycles. The van der Waals surface area contributed by atoms with Crippen molar-refractivity contribution in [1.29, 1.82) is 0 Å². The Morgan fingerprint density at radius 2 is 2.12 bits per heavy atom. The molecule has 1 saturated heterocycles. The van der Waals surface area contributed by atoms with E-state index in [1.807, 2.05) is 18.2 Å². The summed E-state index contributed by atoms with van der Waals surface area (Å²) in [5.74, 6) is 0.447. The lowest BCUT2D eigenvalue weighted by atomic mass is 10.0. The maximum absolute atomic E-state index is 13.2. The van der Waals surface area contributed by atoms with Crippen LogP contribution in [0.3, 0.4) is 0 Å². The van der Waals surface area contributed by atoms with Crippen molar-refractivity contribution in [3.63, 3.8) is 0 Å². The van der Waals surface area contributed by atoms with Crippen LogP contribution in [0.1, 0.15) is 34.8 Å². The number of aromatic nitrogens is 1. The number of hydrogen-bond donors (Lipinski definition) is 1. The van der Waals surface area contributed by atoms with Crippen LogP contribution in [0, 0.1) is 5.82 Å². The van der Waals surface area contributed by atoms with Crippen LogP contribution in [-0.4, -0.2) is 37.7 Å². The van der Waals surface area contributed by atoms with E-state index in [9.17, 15) is 9.18 Å². The predicted octanol–water partition coefficient (Wildman–Crippen LogP) is 2.94.